The van der Waals surface area contributed by atoms with Crippen LogP contribution in [0.15, 0.2) is 0 Å². The Bertz CT molecular complexity index is 219. The van der Waals surface area contributed by atoms with Crippen molar-refractivity contribution < 1.29 is 23.7 Å². The van der Waals surface area contributed by atoms with Crippen LogP contribution in [0.25, 0.3) is 0 Å². The van der Waals surface area contributed by atoms with Crippen LogP contribution in [0.2, 0.25) is 0 Å². The molecule has 1 unspecified atom stereocenters. The molecule has 18 heavy (non-hydrogen) atoms. The molecule has 6 heteroatoms. The minimum Gasteiger partial charge on any atom is -0.466 e. The fraction of sp³-hybridized carbons (Fsp3) is 0.917. The molecule has 1 aliphatic rings. The van der Waals surface area contributed by atoms with Crippen molar-refractivity contribution in [1.29, 1.82) is 0 Å². The van der Waals surface area contributed by atoms with Crippen molar-refractivity contribution in [1.82, 2.24) is 5.32 Å². The Balaban J connectivity index is 1.90. The lowest BCUT2D eigenvalue weighted by atomic mass is 10.2. The summed E-state index contributed by atoms with van der Waals surface area (Å²) in [7, 11) is 1.63. The standard InChI is InChI=1S/C12H23NO5/c1-15-7-8-16-4-2-5-18-12(14)9-11-10-13-3-6-17-11/h11,13H,2-10H2,1H3. The first-order chi connectivity index (χ1) is 8.83. The Morgan fingerprint density at radius 2 is 2.22 bits per heavy atom. The van der Waals surface area contributed by atoms with Crippen LogP contribution in [0, 0.1) is 0 Å². The Morgan fingerprint density at radius 3 is 2.94 bits per heavy atom. The van der Waals surface area contributed by atoms with E-state index in [1.165, 1.54) is 0 Å². The van der Waals surface area contributed by atoms with E-state index in [9.17, 15) is 4.79 Å². The molecule has 1 aliphatic heterocycles. The predicted octanol–water partition coefficient (Wildman–Crippen LogP) is -0.0388. The number of esters is 1. The van der Waals surface area contributed by atoms with Crippen molar-refractivity contribution in [3.8, 4) is 0 Å². The van der Waals surface area contributed by atoms with Crippen molar-refractivity contribution in [2.45, 2.75) is 18.9 Å². The molecule has 0 spiro atoms. The average Bonchev–Trinajstić information content (AvgIpc) is 2.39. The van der Waals surface area contributed by atoms with E-state index in [2.05, 4.69) is 5.32 Å². The summed E-state index contributed by atoms with van der Waals surface area (Å²) in [6.07, 6.45) is 0.973. The van der Waals surface area contributed by atoms with E-state index in [4.69, 9.17) is 18.9 Å². The molecular formula is C12H23NO5. The molecule has 1 saturated heterocycles. The summed E-state index contributed by atoms with van der Waals surface area (Å²) < 4.78 is 20.6. The molecule has 1 N–H and O–H groups in total. The molecule has 0 aromatic carbocycles. The number of rotatable bonds is 9. The molecule has 0 amide bonds. The number of carbonyl (C=O) groups is 1. The third-order valence-corrected chi connectivity index (χ3v) is 2.53. The van der Waals surface area contributed by atoms with Crippen LogP contribution in [-0.2, 0) is 23.7 Å². The maximum Gasteiger partial charge on any atom is 0.308 e. The molecular weight excluding hydrogens is 238 g/mol. The highest BCUT2D eigenvalue weighted by molar-refractivity contribution is 5.70. The van der Waals surface area contributed by atoms with Crippen molar-refractivity contribution in [3.63, 3.8) is 0 Å². The van der Waals surface area contributed by atoms with Gasteiger partial charge in [-0.1, -0.05) is 0 Å². The van der Waals surface area contributed by atoms with E-state index in [1.807, 2.05) is 0 Å². The number of hydrogen-bond donors (Lipinski definition) is 1. The zero-order chi connectivity index (χ0) is 13.1. The van der Waals surface area contributed by atoms with Gasteiger partial charge in [0, 0.05) is 33.2 Å². The Kier molecular flexibility index (Phi) is 8.75. The zero-order valence-electron chi connectivity index (χ0n) is 11.0. The highest BCUT2D eigenvalue weighted by Crippen LogP contribution is 2.03. The van der Waals surface area contributed by atoms with E-state index in [1.54, 1.807) is 7.11 Å². The molecule has 0 bridgehead atoms. The number of carbonyl (C=O) groups excluding carboxylic acids is 1. The minimum atomic E-state index is -0.208. The van der Waals surface area contributed by atoms with Crippen LogP contribution >= 0.6 is 0 Å². The second-order valence-corrected chi connectivity index (χ2v) is 4.08. The topological polar surface area (TPSA) is 66.0 Å². The summed E-state index contributed by atoms with van der Waals surface area (Å²) in [6, 6.07) is 0. The fourth-order valence-electron chi connectivity index (χ4n) is 1.59. The third kappa shape index (κ3) is 7.60. The van der Waals surface area contributed by atoms with Gasteiger partial charge in [-0.2, -0.15) is 0 Å². The highest BCUT2D eigenvalue weighted by atomic mass is 16.5. The molecule has 0 aliphatic carbocycles. The molecule has 0 radical (unpaired) electrons. The smallest absolute Gasteiger partial charge is 0.308 e. The largest absolute Gasteiger partial charge is 0.466 e. The van der Waals surface area contributed by atoms with Crippen LogP contribution in [0.1, 0.15) is 12.8 Å². The SMILES string of the molecule is COCCOCCCOC(=O)CC1CNCCO1. The lowest BCUT2D eigenvalue weighted by Gasteiger charge is -2.22. The number of methoxy groups -OCH3 is 1. The maximum absolute atomic E-state index is 11.5. The van der Waals surface area contributed by atoms with Crippen LogP contribution in [0.5, 0.6) is 0 Å². The lowest BCUT2D eigenvalue weighted by molar-refractivity contribution is -0.147. The zero-order valence-corrected chi connectivity index (χ0v) is 11.0. The van der Waals surface area contributed by atoms with Gasteiger partial charge in [0.15, 0.2) is 0 Å². The first kappa shape index (κ1) is 15.4. The quantitative estimate of drug-likeness (QED) is 0.464. The molecule has 1 heterocycles. The third-order valence-electron chi connectivity index (χ3n) is 2.53. The van der Waals surface area contributed by atoms with Crippen molar-refractivity contribution in [2.24, 2.45) is 0 Å². The van der Waals surface area contributed by atoms with Gasteiger partial charge in [0.1, 0.15) is 0 Å². The average molecular weight is 261 g/mol. The molecule has 0 saturated carbocycles. The summed E-state index contributed by atoms with van der Waals surface area (Å²) in [4.78, 5) is 11.5. The van der Waals surface area contributed by atoms with E-state index in [-0.39, 0.29) is 12.1 Å². The molecule has 6 nitrogen and oxygen atoms in total. The van der Waals surface area contributed by atoms with E-state index >= 15 is 0 Å². The molecule has 0 aromatic heterocycles. The summed E-state index contributed by atoms with van der Waals surface area (Å²) in [5.41, 5.74) is 0. The minimum absolute atomic E-state index is 0.0517. The predicted molar refractivity (Wildman–Crippen MR) is 65.5 cm³/mol. The van der Waals surface area contributed by atoms with Gasteiger partial charge in [-0.15, -0.1) is 0 Å². The van der Waals surface area contributed by atoms with Gasteiger partial charge in [-0.3, -0.25) is 4.79 Å². The van der Waals surface area contributed by atoms with Gasteiger partial charge in [0.05, 0.1) is 39.0 Å². The van der Waals surface area contributed by atoms with Gasteiger partial charge in [0.25, 0.3) is 0 Å². The van der Waals surface area contributed by atoms with Crippen molar-refractivity contribution in [3.05, 3.63) is 0 Å². The number of ether oxygens (including phenoxy) is 4. The highest BCUT2D eigenvalue weighted by Gasteiger charge is 2.17. The number of nitrogens with one attached hydrogen (secondary N) is 1. The van der Waals surface area contributed by atoms with Crippen molar-refractivity contribution in [2.75, 3.05) is 53.2 Å². The van der Waals surface area contributed by atoms with Crippen molar-refractivity contribution >= 4 is 5.97 Å². The van der Waals surface area contributed by atoms with Crippen LogP contribution in [-0.4, -0.2) is 65.3 Å². The van der Waals surface area contributed by atoms with E-state index in [0.29, 0.717) is 45.9 Å². The summed E-state index contributed by atoms with van der Waals surface area (Å²) in [5.74, 6) is -0.208. The summed E-state index contributed by atoms with van der Waals surface area (Å²) >= 11 is 0. The summed E-state index contributed by atoms with van der Waals surface area (Å²) in [6.45, 7) is 4.37. The molecule has 1 fully saturated rings. The Morgan fingerprint density at radius 1 is 1.33 bits per heavy atom. The van der Waals surface area contributed by atoms with Gasteiger partial charge in [-0.25, -0.2) is 0 Å². The Labute approximate surface area is 108 Å². The lowest BCUT2D eigenvalue weighted by Crippen LogP contribution is -2.39. The fourth-order valence-corrected chi connectivity index (χ4v) is 1.59. The van der Waals surface area contributed by atoms with E-state index < -0.39 is 0 Å². The second kappa shape index (κ2) is 10.3. The van der Waals surface area contributed by atoms with Gasteiger partial charge >= 0.3 is 5.97 Å². The summed E-state index contributed by atoms with van der Waals surface area (Å²) in [5, 5.41) is 3.17. The monoisotopic (exact) mass is 261 g/mol. The first-order valence-electron chi connectivity index (χ1n) is 6.37. The number of morpholine rings is 1. The maximum atomic E-state index is 11.5. The van der Waals surface area contributed by atoms with Crippen LogP contribution in [0.4, 0.5) is 0 Å². The number of hydrogen-bond acceptors (Lipinski definition) is 6. The van der Waals surface area contributed by atoms with Gasteiger partial charge < -0.3 is 24.3 Å². The first-order valence-corrected chi connectivity index (χ1v) is 6.37. The van der Waals surface area contributed by atoms with Crippen LogP contribution < -0.4 is 5.32 Å². The Hall–Kier alpha value is -0.690. The van der Waals surface area contributed by atoms with Crippen LogP contribution in [0.3, 0.4) is 0 Å². The molecule has 1 atom stereocenters. The van der Waals surface area contributed by atoms with Gasteiger partial charge in [0.2, 0.25) is 0 Å². The molecule has 1 rings (SSSR count). The van der Waals surface area contributed by atoms with E-state index in [0.717, 1.165) is 13.1 Å². The van der Waals surface area contributed by atoms with Gasteiger partial charge in [-0.05, 0) is 0 Å². The molecule has 106 valence electrons. The second-order valence-electron chi connectivity index (χ2n) is 4.08. The normalized spacial score (nSPS) is 19.7. The molecule has 0 aromatic rings.